The standard InChI is InChI=1S/C16H15NO2/c1-10-3-8-14-13(9-10)15(16(18)17-14)11-4-6-12(19-2)7-5-11/h3-9,15H,1-2H3,(H,17,18). The number of hydrogen-bond acceptors (Lipinski definition) is 2. The third kappa shape index (κ3) is 1.97. The molecule has 3 heteroatoms. The number of nitrogens with one attached hydrogen (secondary N) is 1. The second-order valence-corrected chi connectivity index (χ2v) is 4.79. The Hall–Kier alpha value is -2.29. The number of methoxy groups -OCH3 is 1. The molecule has 0 spiro atoms. The molecule has 1 aliphatic heterocycles. The number of amides is 1. The van der Waals surface area contributed by atoms with Gasteiger partial charge in [-0.1, -0.05) is 29.8 Å². The van der Waals surface area contributed by atoms with E-state index in [4.69, 9.17) is 4.74 Å². The van der Waals surface area contributed by atoms with Gasteiger partial charge in [-0.3, -0.25) is 4.79 Å². The minimum absolute atomic E-state index is 0.0331. The van der Waals surface area contributed by atoms with E-state index in [0.717, 1.165) is 28.1 Å². The zero-order valence-electron chi connectivity index (χ0n) is 10.9. The lowest BCUT2D eigenvalue weighted by molar-refractivity contribution is -0.116. The summed E-state index contributed by atoms with van der Waals surface area (Å²) < 4.78 is 5.15. The fourth-order valence-electron chi connectivity index (χ4n) is 2.51. The Morgan fingerprint density at radius 3 is 2.53 bits per heavy atom. The monoisotopic (exact) mass is 253 g/mol. The number of rotatable bonds is 2. The molecule has 0 saturated heterocycles. The van der Waals surface area contributed by atoms with Crippen LogP contribution in [0.4, 0.5) is 5.69 Å². The van der Waals surface area contributed by atoms with E-state index in [1.807, 2.05) is 43.3 Å². The maximum atomic E-state index is 12.2. The van der Waals surface area contributed by atoms with Crippen LogP contribution in [0.25, 0.3) is 0 Å². The van der Waals surface area contributed by atoms with Crippen LogP contribution in [0, 0.1) is 6.92 Å². The average Bonchev–Trinajstić information content (AvgIpc) is 2.74. The van der Waals surface area contributed by atoms with Gasteiger partial charge in [0.15, 0.2) is 0 Å². The van der Waals surface area contributed by atoms with Crippen molar-refractivity contribution in [1.29, 1.82) is 0 Å². The van der Waals surface area contributed by atoms with Gasteiger partial charge in [0.1, 0.15) is 5.75 Å². The fraction of sp³-hybridized carbons (Fsp3) is 0.188. The topological polar surface area (TPSA) is 38.3 Å². The quantitative estimate of drug-likeness (QED) is 0.893. The minimum Gasteiger partial charge on any atom is -0.497 e. The predicted octanol–water partition coefficient (Wildman–Crippen LogP) is 3.09. The molecule has 1 aliphatic rings. The summed E-state index contributed by atoms with van der Waals surface area (Å²) in [6.07, 6.45) is 0. The number of hydrogen-bond donors (Lipinski definition) is 1. The number of fused-ring (bicyclic) bond motifs is 1. The number of carbonyl (C=O) groups excluding carboxylic acids is 1. The third-order valence-electron chi connectivity index (χ3n) is 3.49. The highest BCUT2D eigenvalue weighted by molar-refractivity contribution is 6.05. The first-order chi connectivity index (χ1) is 9.19. The van der Waals surface area contributed by atoms with Gasteiger partial charge in [0.2, 0.25) is 5.91 Å². The lowest BCUT2D eigenvalue weighted by atomic mass is 9.92. The summed E-state index contributed by atoms with van der Waals surface area (Å²) in [7, 11) is 1.63. The van der Waals surface area contributed by atoms with Crippen molar-refractivity contribution in [1.82, 2.24) is 0 Å². The summed E-state index contributed by atoms with van der Waals surface area (Å²) in [5.41, 5.74) is 4.11. The maximum Gasteiger partial charge on any atom is 0.236 e. The van der Waals surface area contributed by atoms with Gasteiger partial charge in [0, 0.05) is 5.69 Å². The summed E-state index contributed by atoms with van der Waals surface area (Å²) in [6, 6.07) is 13.7. The summed E-state index contributed by atoms with van der Waals surface area (Å²) in [5, 5.41) is 2.93. The van der Waals surface area contributed by atoms with Gasteiger partial charge in [-0.2, -0.15) is 0 Å². The lowest BCUT2D eigenvalue weighted by Crippen LogP contribution is -2.13. The van der Waals surface area contributed by atoms with E-state index in [1.54, 1.807) is 7.11 Å². The Bertz CT molecular complexity index is 632. The summed E-state index contributed by atoms with van der Waals surface area (Å²) in [5.74, 6) is 0.609. The van der Waals surface area contributed by atoms with Crippen molar-refractivity contribution in [2.45, 2.75) is 12.8 Å². The van der Waals surface area contributed by atoms with Gasteiger partial charge in [-0.05, 0) is 36.2 Å². The van der Waals surface area contributed by atoms with Crippen molar-refractivity contribution in [3.8, 4) is 5.75 Å². The van der Waals surface area contributed by atoms with Crippen molar-refractivity contribution >= 4 is 11.6 Å². The molecule has 2 aromatic carbocycles. The molecule has 3 nitrogen and oxygen atoms in total. The lowest BCUT2D eigenvalue weighted by Gasteiger charge is -2.10. The van der Waals surface area contributed by atoms with E-state index >= 15 is 0 Å². The molecule has 1 heterocycles. The average molecular weight is 253 g/mol. The third-order valence-corrected chi connectivity index (χ3v) is 3.49. The van der Waals surface area contributed by atoms with Gasteiger partial charge in [-0.25, -0.2) is 0 Å². The minimum atomic E-state index is -0.221. The van der Waals surface area contributed by atoms with E-state index in [0.29, 0.717) is 0 Å². The van der Waals surface area contributed by atoms with Crippen LogP contribution in [0.15, 0.2) is 42.5 Å². The van der Waals surface area contributed by atoms with Crippen LogP contribution in [-0.4, -0.2) is 13.0 Å². The molecule has 0 aliphatic carbocycles. The smallest absolute Gasteiger partial charge is 0.236 e. The van der Waals surface area contributed by atoms with Crippen LogP contribution in [0.3, 0.4) is 0 Å². The first-order valence-electron chi connectivity index (χ1n) is 6.24. The Morgan fingerprint density at radius 2 is 1.84 bits per heavy atom. The molecule has 96 valence electrons. The van der Waals surface area contributed by atoms with Gasteiger partial charge in [0.25, 0.3) is 0 Å². The molecule has 0 fully saturated rings. The zero-order valence-corrected chi connectivity index (χ0v) is 10.9. The Kier molecular flexibility index (Phi) is 2.75. The van der Waals surface area contributed by atoms with E-state index in [1.165, 1.54) is 0 Å². The van der Waals surface area contributed by atoms with Crippen LogP contribution in [0.2, 0.25) is 0 Å². The summed E-state index contributed by atoms with van der Waals surface area (Å²) >= 11 is 0. The van der Waals surface area contributed by atoms with Crippen LogP contribution in [0.5, 0.6) is 5.75 Å². The van der Waals surface area contributed by atoms with Crippen molar-refractivity contribution < 1.29 is 9.53 Å². The molecule has 0 radical (unpaired) electrons. The van der Waals surface area contributed by atoms with E-state index in [2.05, 4.69) is 11.4 Å². The Morgan fingerprint density at radius 1 is 1.11 bits per heavy atom. The normalized spacial score (nSPS) is 16.9. The van der Waals surface area contributed by atoms with E-state index in [9.17, 15) is 4.79 Å². The summed E-state index contributed by atoms with van der Waals surface area (Å²) in [4.78, 5) is 12.2. The molecule has 19 heavy (non-hydrogen) atoms. The van der Waals surface area contributed by atoms with Gasteiger partial charge >= 0.3 is 0 Å². The van der Waals surface area contributed by atoms with Crippen molar-refractivity contribution in [3.63, 3.8) is 0 Å². The number of anilines is 1. The highest BCUT2D eigenvalue weighted by Gasteiger charge is 2.31. The van der Waals surface area contributed by atoms with Crippen LogP contribution < -0.4 is 10.1 Å². The molecule has 0 saturated carbocycles. The van der Waals surface area contributed by atoms with Crippen molar-refractivity contribution in [3.05, 3.63) is 59.2 Å². The van der Waals surface area contributed by atoms with Crippen LogP contribution in [0.1, 0.15) is 22.6 Å². The van der Waals surface area contributed by atoms with E-state index in [-0.39, 0.29) is 11.8 Å². The predicted molar refractivity (Wildman–Crippen MR) is 74.6 cm³/mol. The molecule has 1 amide bonds. The van der Waals surface area contributed by atoms with E-state index < -0.39 is 0 Å². The van der Waals surface area contributed by atoms with Gasteiger partial charge < -0.3 is 10.1 Å². The second-order valence-electron chi connectivity index (χ2n) is 4.79. The molecule has 1 N–H and O–H groups in total. The number of aryl methyl sites for hydroxylation is 1. The Balaban J connectivity index is 2.05. The first-order valence-corrected chi connectivity index (χ1v) is 6.24. The molecule has 2 aromatic rings. The highest BCUT2D eigenvalue weighted by Crippen LogP contribution is 2.37. The van der Waals surface area contributed by atoms with Crippen molar-refractivity contribution in [2.75, 3.05) is 12.4 Å². The van der Waals surface area contributed by atoms with Crippen molar-refractivity contribution in [2.24, 2.45) is 0 Å². The van der Waals surface area contributed by atoms with Crippen LogP contribution >= 0.6 is 0 Å². The first kappa shape index (κ1) is 11.8. The van der Waals surface area contributed by atoms with Gasteiger partial charge in [0.05, 0.1) is 13.0 Å². The SMILES string of the molecule is COc1ccc(C2C(=O)Nc3ccc(C)cc32)cc1. The molecular formula is C16H15NO2. The molecular weight excluding hydrogens is 238 g/mol. The summed E-state index contributed by atoms with van der Waals surface area (Å²) in [6.45, 7) is 2.04. The molecule has 1 unspecified atom stereocenters. The largest absolute Gasteiger partial charge is 0.497 e. The molecule has 0 bridgehead atoms. The second kappa shape index (κ2) is 4.43. The van der Waals surface area contributed by atoms with Gasteiger partial charge in [-0.15, -0.1) is 0 Å². The zero-order chi connectivity index (χ0) is 13.4. The number of carbonyl (C=O) groups is 1. The fourth-order valence-corrected chi connectivity index (χ4v) is 2.51. The van der Waals surface area contributed by atoms with Crippen LogP contribution in [-0.2, 0) is 4.79 Å². The number of benzene rings is 2. The molecule has 3 rings (SSSR count). The maximum absolute atomic E-state index is 12.2. The number of ether oxygens (including phenoxy) is 1. The Labute approximate surface area is 112 Å². The highest BCUT2D eigenvalue weighted by atomic mass is 16.5. The molecule has 0 aromatic heterocycles. The molecule has 1 atom stereocenters.